The van der Waals surface area contributed by atoms with Crippen molar-refractivity contribution in [2.45, 2.75) is 19.3 Å². The molecule has 116 valence electrons. The third-order valence-electron chi connectivity index (χ3n) is 4.09. The Labute approximate surface area is 136 Å². The molecule has 0 amide bonds. The van der Waals surface area contributed by atoms with E-state index in [4.69, 9.17) is 11.6 Å². The van der Waals surface area contributed by atoms with Gasteiger partial charge >= 0.3 is 0 Å². The van der Waals surface area contributed by atoms with Crippen LogP contribution >= 0.6 is 11.6 Å². The van der Waals surface area contributed by atoms with E-state index in [1.54, 1.807) is 6.20 Å². The number of halogens is 1. The number of rotatable bonds is 5. The molecule has 3 rings (SSSR count). The van der Waals surface area contributed by atoms with Gasteiger partial charge in [-0.05, 0) is 38.3 Å². The summed E-state index contributed by atoms with van der Waals surface area (Å²) in [5.41, 5.74) is 1.79. The fourth-order valence-corrected chi connectivity index (χ4v) is 3.01. The molecule has 1 fully saturated rings. The van der Waals surface area contributed by atoms with Crippen molar-refractivity contribution in [2.75, 3.05) is 25.0 Å². The standard InChI is InChI=1S/C17H21ClN4/c18-15-12-21-17(20-11-8-13-6-9-19-10-7-13)22-16(15)14-4-2-1-3-5-14/h1-5,12-13,19H,6-11H2,(H,20,21,22). The molecule has 1 aromatic heterocycles. The van der Waals surface area contributed by atoms with E-state index < -0.39 is 0 Å². The minimum Gasteiger partial charge on any atom is -0.354 e. The van der Waals surface area contributed by atoms with Gasteiger partial charge in [-0.3, -0.25) is 0 Å². The van der Waals surface area contributed by atoms with Gasteiger partial charge in [-0.25, -0.2) is 9.97 Å². The minimum atomic E-state index is 0.579. The lowest BCUT2D eigenvalue weighted by atomic mass is 9.95. The summed E-state index contributed by atoms with van der Waals surface area (Å²) in [6, 6.07) is 9.97. The molecule has 2 heterocycles. The SMILES string of the molecule is Clc1cnc(NCCC2CCNCC2)nc1-c1ccccc1. The number of piperidine rings is 1. The smallest absolute Gasteiger partial charge is 0.223 e. The molecule has 0 aliphatic carbocycles. The lowest BCUT2D eigenvalue weighted by Crippen LogP contribution is -2.28. The Morgan fingerprint density at radius 1 is 1.18 bits per heavy atom. The van der Waals surface area contributed by atoms with Crippen molar-refractivity contribution >= 4 is 17.5 Å². The number of nitrogens with zero attached hydrogens (tertiary/aromatic N) is 2. The predicted molar refractivity (Wildman–Crippen MR) is 91.2 cm³/mol. The Morgan fingerprint density at radius 3 is 2.73 bits per heavy atom. The molecule has 0 unspecified atom stereocenters. The monoisotopic (exact) mass is 316 g/mol. The van der Waals surface area contributed by atoms with Crippen molar-refractivity contribution in [3.05, 3.63) is 41.6 Å². The van der Waals surface area contributed by atoms with Gasteiger partial charge in [0.1, 0.15) is 0 Å². The molecule has 4 nitrogen and oxygen atoms in total. The van der Waals surface area contributed by atoms with Crippen LogP contribution in [0.15, 0.2) is 36.5 Å². The fourth-order valence-electron chi connectivity index (χ4n) is 2.81. The molecule has 1 saturated heterocycles. The van der Waals surface area contributed by atoms with Gasteiger partial charge in [0.05, 0.1) is 16.9 Å². The molecule has 1 aliphatic rings. The maximum Gasteiger partial charge on any atom is 0.223 e. The Bertz CT molecular complexity index is 597. The van der Waals surface area contributed by atoms with Crippen molar-refractivity contribution in [1.82, 2.24) is 15.3 Å². The quantitative estimate of drug-likeness (QED) is 0.885. The van der Waals surface area contributed by atoms with Crippen molar-refractivity contribution in [2.24, 2.45) is 5.92 Å². The minimum absolute atomic E-state index is 0.579. The third kappa shape index (κ3) is 3.96. The molecule has 2 aromatic rings. The van der Waals surface area contributed by atoms with Crippen LogP contribution in [0.25, 0.3) is 11.3 Å². The van der Waals surface area contributed by atoms with Crippen LogP contribution in [-0.4, -0.2) is 29.6 Å². The Kier molecular flexibility index (Phi) is 5.24. The third-order valence-corrected chi connectivity index (χ3v) is 4.36. The van der Waals surface area contributed by atoms with Crippen molar-refractivity contribution in [1.29, 1.82) is 0 Å². The average Bonchev–Trinajstić information content (AvgIpc) is 2.58. The zero-order valence-electron chi connectivity index (χ0n) is 12.6. The summed E-state index contributed by atoms with van der Waals surface area (Å²) in [5.74, 6) is 1.45. The van der Waals surface area contributed by atoms with Crippen LogP contribution in [0.2, 0.25) is 5.02 Å². The first-order valence-electron chi connectivity index (χ1n) is 7.85. The highest BCUT2D eigenvalue weighted by Gasteiger charge is 2.13. The zero-order valence-corrected chi connectivity index (χ0v) is 13.3. The molecule has 0 radical (unpaired) electrons. The molecule has 22 heavy (non-hydrogen) atoms. The molecule has 0 bridgehead atoms. The average molecular weight is 317 g/mol. The molecule has 5 heteroatoms. The number of benzene rings is 1. The van der Waals surface area contributed by atoms with Crippen molar-refractivity contribution in [3.8, 4) is 11.3 Å². The van der Waals surface area contributed by atoms with Gasteiger partial charge in [0.2, 0.25) is 5.95 Å². The molecule has 2 N–H and O–H groups in total. The van der Waals surface area contributed by atoms with Crippen LogP contribution in [0, 0.1) is 5.92 Å². The summed E-state index contributed by atoms with van der Waals surface area (Å²) >= 11 is 6.23. The number of aromatic nitrogens is 2. The Hall–Kier alpha value is -1.65. The normalized spacial score (nSPS) is 15.7. The van der Waals surface area contributed by atoms with E-state index in [9.17, 15) is 0 Å². The van der Waals surface area contributed by atoms with Gasteiger partial charge in [0, 0.05) is 12.1 Å². The summed E-state index contributed by atoms with van der Waals surface area (Å²) < 4.78 is 0. The van der Waals surface area contributed by atoms with Crippen LogP contribution < -0.4 is 10.6 Å². The van der Waals surface area contributed by atoms with E-state index in [1.165, 1.54) is 12.8 Å². The van der Waals surface area contributed by atoms with Crippen LogP contribution in [0.3, 0.4) is 0 Å². The van der Waals surface area contributed by atoms with Crippen LogP contribution in [0.4, 0.5) is 5.95 Å². The highest BCUT2D eigenvalue weighted by Crippen LogP contribution is 2.25. The summed E-state index contributed by atoms with van der Waals surface area (Å²) in [4.78, 5) is 8.84. The van der Waals surface area contributed by atoms with Gasteiger partial charge in [-0.1, -0.05) is 41.9 Å². The van der Waals surface area contributed by atoms with Gasteiger partial charge in [-0.2, -0.15) is 0 Å². The second kappa shape index (κ2) is 7.56. The molecule has 0 spiro atoms. The largest absolute Gasteiger partial charge is 0.354 e. The molecular formula is C17H21ClN4. The summed E-state index contributed by atoms with van der Waals surface area (Å²) in [6.45, 7) is 3.18. The second-order valence-electron chi connectivity index (χ2n) is 5.67. The molecule has 0 saturated carbocycles. The van der Waals surface area contributed by atoms with Gasteiger partial charge in [0.15, 0.2) is 0 Å². The highest BCUT2D eigenvalue weighted by atomic mass is 35.5. The van der Waals surface area contributed by atoms with Crippen molar-refractivity contribution in [3.63, 3.8) is 0 Å². The molecule has 0 atom stereocenters. The van der Waals surface area contributed by atoms with E-state index >= 15 is 0 Å². The first-order chi connectivity index (χ1) is 10.8. The van der Waals surface area contributed by atoms with Crippen LogP contribution in [0.1, 0.15) is 19.3 Å². The van der Waals surface area contributed by atoms with Crippen molar-refractivity contribution < 1.29 is 0 Å². The van der Waals surface area contributed by atoms with Crippen LogP contribution in [-0.2, 0) is 0 Å². The first-order valence-corrected chi connectivity index (χ1v) is 8.23. The lowest BCUT2D eigenvalue weighted by Gasteiger charge is -2.22. The number of hydrogen-bond acceptors (Lipinski definition) is 4. The molecule has 1 aliphatic heterocycles. The predicted octanol–water partition coefficient (Wildman–Crippen LogP) is 3.60. The summed E-state index contributed by atoms with van der Waals surface area (Å²) in [6.07, 6.45) is 5.36. The van der Waals surface area contributed by atoms with Gasteiger partial charge in [-0.15, -0.1) is 0 Å². The second-order valence-corrected chi connectivity index (χ2v) is 6.07. The van der Waals surface area contributed by atoms with Gasteiger partial charge in [0.25, 0.3) is 0 Å². The highest BCUT2D eigenvalue weighted by molar-refractivity contribution is 6.32. The van der Waals surface area contributed by atoms with E-state index in [-0.39, 0.29) is 0 Å². The molecule has 1 aromatic carbocycles. The number of hydrogen-bond donors (Lipinski definition) is 2. The number of nitrogens with one attached hydrogen (secondary N) is 2. The van der Waals surface area contributed by atoms with E-state index in [2.05, 4.69) is 20.6 Å². The first kappa shape index (κ1) is 15.3. The maximum atomic E-state index is 6.23. The Balaban J connectivity index is 1.62. The number of anilines is 1. The molecular weight excluding hydrogens is 296 g/mol. The van der Waals surface area contributed by atoms with E-state index in [0.29, 0.717) is 11.0 Å². The van der Waals surface area contributed by atoms with Gasteiger partial charge < -0.3 is 10.6 Å². The zero-order chi connectivity index (χ0) is 15.2. The van der Waals surface area contributed by atoms with Crippen LogP contribution in [0.5, 0.6) is 0 Å². The maximum absolute atomic E-state index is 6.23. The lowest BCUT2D eigenvalue weighted by molar-refractivity contribution is 0.361. The summed E-state index contributed by atoms with van der Waals surface area (Å²) in [7, 11) is 0. The summed E-state index contributed by atoms with van der Waals surface area (Å²) in [5, 5.41) is 7.30. The fraction of sp³-hybridized carbons (Fsp3) is 0.412. The Morgan fingerprint density at radius 2 is 1.95 bits per heavy atom. The van der Waals surface area contributed by atoms with E-state index in [0.717, 1.165) is 43.2 Å². The van der Waals surface area contributed by atoms with E-state index in [1.807, 2.05) is 30.3 Å². The topological polar surface area (TPSA) is 49.8 Å².